The molecule has 1 aromatic carbocycles. The van der Waals surface area contributed by atoms with Crippen LogP contribution < -0.4 is 4.72 Å². The third-order valence-corrected chi connectivity index (χ3v) is 2.85. The van der Waals surface area contributed by atoms with Crippen molar-refractivity contribution < 1.29 is 31.1 Å². The highest BCUT2D eigenvalue weighted by molar-refractivity contribution is 7.92. The number of sulfonamides is 1. The molecule has 0 saturated heterocycles. The quantitative estimate of drug-likeness (QED) is 0.525. The average Bonchev–Trinajstić information content (AvgIpc) is 2.31. The smallest absolute Gasteiger partial charge is 0.343 e. The molecule has 0 fully saturated rings. The van der Waals surface area contributed by atoms with Crippen molar-refractivity contribution in [1.29, 1.82) is 0 Å². The van der Waals surface area contributed by atoms with Gasteiger partial charge in [-0.25, -0.2) is 26.4 Å². The molecule has 0 aliphatic rings. The van der Waals surface area contributed by atoms with Gasteiger partial charge in [-0.3, -0.25) is 4.72 Å². The first-order valence-electron chi connectivity index (χ1n) is 4.52. The number of methoxy groups -OCH3 is 1. The average molecular weight is 318 g/mol. The topological polar surface area (TPSA) is 72.5 Å². The Morgan fingerprint density at radius 1 is 1.21 bits per heavy atom. The van der Waals surface area contributed by atoms with Crippen molar-refractivity contribution in [2.75, 3.05) is 18.1 Å². The Morgan fingerprint density at radius 3 is 2.16 bits per heavy atom. The van der Waals surface area contributed by atoms with Crippen molar-refractivity contribution in [2.45, 2.75) is 0 Å². The molecule has 0 aromatic heterocycles. The zero-order chi connectivity index (χ0) is 15.0. The van der Waals surface area contributed by atoms with Gasteiger partial charge in [-0.2, -0.15) is 0 Å². The maximum absolute atomic E-state index is 13.6. The van der Waals surface area contributed by atoms with Crippen LogP contribution in [0.3, 0.4) is 0 Å². The summed E-state index contributed by atoms with van der Waals surface area (Å²) >= 11 is 5.16. The fourth-order valence-corrected chi connectivity index (χ4v) is 1.95. The molecule has 0 unspecified atom stereocenters. The number of halogens is 4. The van der Waals surface area contributed by atoms with E-state index in [1.165, 1.54) is 4.72 Å². The van der Waals surface area contributed by atoms with E-state index in [1.807, 2.05) is 0 Å². The number of rotatable bonds is 3. The monoisotopic (exact) mass is 317 g/mol. The van der Waals surface area contributed by atoms with Gasteiger partial charge in [0.15, 0.2) is 17.5 Å². The Bertz CT molecular complexity index is 648. The van der Waals surface area contributed by atoms with Crippen LogP contribution >= 0.6 is 11.6 Å². The summed E-state index contributed by atoms with van der Waals surface area (Å²) in [5.41, 5.74) is -2.34. The first kappa shape index (κ1) is 15.6. The Kier molecular flexibility index (Phi) is 4.31. The molecule has 0 atom stereocenters. The summed E-state index contributed by atoms with van der Waals surface area (Å²) in [6.45, 7) is 0. The SMILES string of the molecule is COC(=O)c1c(F)c(Cl)c(F)c(F)c1NS(C)(=O)=O. The maximum Gasteiger partial charge on any atom is 0.343 e. The molecule has 5 nitrogen and oxygen atoms in total. The zero-order valence-corrected chi connectivity index (χ0v) is 11.1. The lowest BCUT2D eigenvalue weighted by molar-refractivity contribution is 0.0596. The number of carbonyl (C=O) groups excluding carboxylic acids is 1. The van der Waals surface area contributed by atoms with Gasteiger partial charge in [-0.15, -0.1) is 0 Å². The van der Waals surface area contributed by atoms with Crippen LogP contribution in [0.25, 0.3) is 0 Å². The summed E-state index contributed by atoms with van der Waals surface area (Å²) in [6, 6.07) is 0. The standard InChI is InChI=1S/C9H7ClF3NO4S/c1-18-9(15)3-5(11)4(10)6(12)7(13)8(3)14-19(2,16)17/h14H,1-2H3. The number of esters is 1. The van der Waals surface area contributed by atoms with Gasteiger partial charge < -0.3 is 4.74 Å². The van der Waals surface area contributed by atoms with Crippen LogP contribution in [-0.4, -0.2) is 27.8 Å². The summed E-state index contributed by atoms with van der Waals surface area (Å²) in [7, 11) is -3.24. The van der Waals surface area contributed by atoms with E-state index in [2.05, 4.69) is 4.74 Å². The van der Waals surface area contributed by atoms with Crippen LogP contribution in [0.1, 0.15) is 10.4 Å². The van der Waals surface area contributed by atoms with Gasteiger partial charge >= 0.3 is 5.97 Å². The molecule has 1 N–H and O–H groups in total. The van der Waals surface area contributed by atoms with Gasteiger partial charge in [-0.1, -0.05) is 11.6 Å². The van der Waals surface area contributed by atoms with E-state index in [0.717, 1.165) is 7.11 Å². The molecule has 0 saturated carbocycles. The fraction of sp³-hybridized carbons (Fsp3) is 0.222. The van der Waals surface area contributed by atoms with Gasteiger partial charge in [-0.05, 0) is 0 Å². The minimum absolute atomic E-state index is 0.609. The molecule has 1 aromatic rings. The Balaban J connectivity index is 3.71. The third-order valence-electron chi connectivity index (χ3n) is 1.94. The molecule has 0 aliphatic heterocycles. The predicted molar refractivity (Wildman–Crippen MR) is 61.1 cm³/mol. The molecular weight excluding hydrogens is 311 g/mol. The van der Waals surface area contributed by atoms with Crippen molar-refractivity contribution in [3.63, 3.8) is 0 Å². The molecule has 0 spiro atoms. The lowest BCUT2D eigenvalue weighted by Gasteiger charge is -2.13. The van der Waals surface area contributed by atoms with Crippen LogP contribution in [0, 0.1) is 17.5 Å². The lowest BCUT2D eigenvalue weighted by atomic mass is 10.1. The molecule has 0 amide bonds. The summed E-state index contributed by atoms with van der Waals surface area (Å²) < 4.78 is 68.1. The lowest BCUT2D eigenvalue weighted by Crippen LogP contribution is -2.18. The third kappa shape index (κ3) is 3.10. The molecule has 19 heavy (non-hydrogen) atoms. The normalized spacial score (nSPS) is 11.3. The van der Waals surface area contributed by atoms with Gasteiger partial charge in [0.2, 0.25) is 10.0 Å². The van der Waals surface area contributed by atoms with E-state index >= 15 is 0 Å². The molecule has 0 heterocycles. The fourth-order valence-electron chi connectivity index (χ4n) is 1.21. The first-order chi connectivity index (χ1) is 8.60. The summed E-state index contributed by atoms with van der Waals surface area (Å²) in [5, 5.41) is -1.28. The Labute approximate surface area is 111 Å². The predicted octanol–water partition coefficient (Wildman–Crippen LogP) is 1.92. The van der Waals surface area contributed by atoms with E-state index in [4.69, 9.17) is 11.6 Å². The molecule has 0 bridgehead atoms. The highest BCUT2D eigenvalue weighted by Crippen LogP contribution is 2.33. The molecule has 0 radical (unpaired) electrons. The van der Waals surface area contributed by atoms with Crippen molar-refractivity contribution in [2.24, 2.45) is 0 Å². The second kappa shape index (κ2) is 5.25. The molecule has 1 rings (SSSR count). The zero-order valence-electron chi connectivity index (χ0n) is 9.55. The summed E-state index contributed by atoms with van der Waals surface area (Å²) in [6.07, 6.45) is 0.609. The number of hydrogen-bond acceptors (Lipinski definition) is 4. The minimum Gasteiger partial charge on any atom is -0.465 e. The largest absolute Gasteiger partial charge is 0.465 e. The van der Waals surface area contributed by atoms with Gasteiger partial charge in [0.05, 0.1) is 13.4 Å². The summed E-state index contributed by atoms with van der Waals surface area (Å²) in [4.78, 5) is 11.3. The minimum atomic E-state index is -4.08. The molecule has 0 aliphatic carbocycles. The second-order valence-electron chi connectivity index (χ2n) is 3.37. The number of ether oxygens (including phenoxy) is 1. The van der Waals surface area contributed by atoms with Gasteiger partial charge in [0, 0.05) is 0 Å². The summed E-state index contributed by atoms with van der Waals surface area (Å²) in [5.74, 6) is -6.67. The Hall–Kier alpha value is -1.48. The molecular formula is C9H7ClF3NO4S. The van der Waals surface area contributed by atoms with Crippen LogP contribution in [0.2, 0.25) is 5.02 Å². The van der Waals surface area contributed by atoms with E-state index in [9.17, 15) is 26.4 Å². The maximum atomic E-state index is 13.6. The van der Waals surface area contributed by atoms with E-state index in [0.29, 0.717) is 6.26 Å². The van der Waals surface area contributed by atoms with Crippen molar-refractivity contribution in [3.05, 3.63) is 28.0 Å². The van der Waals surface area contributed by atoms with Crippen molar-refractivity contribution in [3.8, 4) is 0 Å². The van der Waals surface area contributed by atoms with E-state index in [1.54, 1.807) is 0 Å². The Morgan fingerprint density at radius 2 is 1.74 bits per heavy atom. The van der Waals surface area contributed by atoms with Crippen LogP contribution in [-0.2, 0) is 14.8 Å². The number of carbonyl (C=O) groups is 1. The van der Waals surface area contributed by atoms with Gasteiger partial charge in [0.1, 0.15) is 16.3 Å². The van der Waals surface area contributed by atoms with Gasteiger partial charge in [0.25, 0.3) is 0 Å². The van der Waals surface area contributed by atoms with E-state index < -0.39 is 49.7 Å². The van der Waals surface area contributed by atoms with Crippen LogP contribution in [0.4, 0.5) is 18.9 Å². The first-order valence-corrected chi connectivity index (χ1v) is 6.79. The second-order valence-corrected chi connectivity index (χ2v) is 5.50. The van der Waals surface area contributed by atoms with Crippen LogP contribution in [0.15, 0.2) is 0 Å². The molecule has 10 heteroatoms. The number of benzene rings is 1. The number of nitrogens with one attached hydrogen (secondary N) is 1. The highest BCUT2D eigenvalue weighted by Gasteiger charge is 2.30. The van der Waals surface area contributed by atoms with E-state index in [-0.39, 0.29) is 0 Å². The number of anilines is 1. The van der Waals surface area contributed by atoms with Crippen molar-refractivity contribution >= 4 is 33.3 Å². The van der Waals surface area contributed by atoms with Crippen molar-refractivity contribution in [1.82, 2.24) is 0 Å². The highest BCUT2D eigenvalue weighted by atomic mass is 35.5. The number of hydrogen-bond donors (Lipinski definition) is 1. The molecule has 106 valence electrons. The van der Waals surface area contributed by atoms with Crippen LogP contribution in [0.5, 0.6) is 0 Å².